The molecule has 0 radical (unpaired) electrons. The van der Waals surface area contributed by atoms with Gasteiger partial charge in [-0.3, -0.25) is 9.69 Å². The Kier molecular flexibility index (Phi) is 7.05. The molecule has 1 saturated heterocycles. The Hall–Kier alpha value is -2.06. The maximum absolute atomic E-state index is 12.7. The van der Waals surface area contributed by atoms with E-state index in [4.69, 9.17) is 21.7 Å². The van der Waals surface area contributed by atoms with E-state index in [2.05, 4.69) is 0 Å². The average Bonchev–Trinajstić information content (AvgIpc) is 2.87. The second-order valence-corrected chi connectivity index (χ2v) is 7.19. The molecule has 0 saturated carbocycles. The van der Waals surface area contributed by atoms with Gasteiger partial charge in [0.15, 0.2) is 11.5 Å². The summed E-state index contributed by atoms with van der Waals surface area (Å²) in [5, 5.41) is 11.4. The first kappa shape index (κ1) is 20.3. The Balaban J connectivity index is 2.31. The first-order chi connectivity index (χ1) is 12.4. The third kappa shape index (κ3) is 4.37. The van der Waals surface area contributed by atoms with Crippen LogP contribution in [0.25, 0.3) is 6.08 Å². The van der Waals surface area contributed by atoms with E-state index in [1.165, 1.54) is 7.11 Å². The summed E-state index contributed by atoms with van der Waals surface area (Å²) >= 11 is 6.30. The monoisotopic (exact) mass is 394 g/mol. The number of thioether (sulfide) groups is 1. The highest BCUT2D eigenvalue weighted by molar-refractivity contribution is 8.26. The lowest BCUT2D eigenvalue weighted by Gasteiger charge is -2.27. The van der Waals surface area contributed by atoms with E-state index in [9.17, 15) is 14.7 Å². The molecule has 1 fully saturated rings. The Labute approximate surface area is 162 Å². The van der Waals surface area contributed by atoms with Crippen LogP contribution in [-0.4, -0.2) is 40.9 Å². The van der Waals surface area contributed by atoms with Gasteiger partial charge in [-0.05, 0) is 37.1 Å². The van der Waals surface area contributed by atoms with Crippen molar-refractivity contribution in [1.82, 2.24) is 4.90 Å². The van der Waals surface area contributed by atoms with Crippen molar-refractivity contribution >= 4 is 46.3 Å². The predicted octanol–water partition coefficient (Wildman–Crippen LogP) is 2.21. The molecule has 1 atom stereocenters. The van der Waals surface area contributed by atoms with Crippen LogP contribution >= 0.6 is 24.0 Å². The SMILES string of the molecule is CCC[C@@H](C(=O)[O-])N1C(=O)/C(=C/c2ccc(OCC)c(OC)c2)SC1=S. The second-order valence-electron chi connectivity index (χ2n) is 5.52. The highest BCUT2D eigenvalue weighted by atomic mass is 32.2. The summed E-state index contributed by atoms with van der Waals surface area (Å²) < 4.78 is 11.0. The molecule has 140 valence electrons. The number of amides is 1. The molecule has 26 heavy (non-hydrogen) atoms. The summed E-state index contributed by atoms with van der Waals surface area (Å²) in [5.74, 6) is -0.558. The summed E-state index contributed by atoms with van der Waals surface area (Å²) in [5.41, 5.74) is 0.728. The standard InChI is InChI=1S/C18H21NO5S2/c1-4-6-12(17(21)22)19-16(20)15(26-18(19)25)10-11-7-8-13(24-5-2)14(9-11)23-3/h7-10,12H,4-6H2,1-3H3,(H,21,22)/p-1/b15-10-/t12-/m0/s1. The van der Waals surface area contributed by atoms with Gasteiger partial charge in [0.2, 0.25) is 0 Å². The molecule has 2 rings (SSSR count). The number of carboxylic acid groups (broad SMARTS) is 1. The number of nitrogens with zero attached hydrogens (tertiary/aromatic N) is 1. The van der Waals surface area contributed by atoms with E-state index in [0.29, 0.717) is 35.9 Å². The minimum absolute atomic E-state index is 0.224. The Morgan fingerprint density at radius 2 is 2.12 bits per heavy atom. The lowest BCUT2D eigenvalue weighted by atomic mass is 10.1. The van der Waals surface area contributed by atoms with Crippen molar-refractivity contribution in [3.8, 4) is 11.5 Å². The fraction of sp³-hybridized carbons (Fsp3) is 0.389. The van der Waals surface area contributed by atoms with E-state index in [0.717, 1.165) is 22.2 Å². The molecule has 6 nitrogen and oxygen atoms in total. The Bertz CT molecular complexity index is 747. The van der Waals surface area contributed by atoms with Crippen LogP contribution in [0.2, 0.25) is 0 Å². The van der Waals surface area contributed by atoms with E-state index < -0.39 is 17.9 Å². The molecule has 0 aromatic heterocycles. The van der Waals surface area contributed by atoms with Crippen LogP contribution in [0.4, 0.5) is 0 Å². The highest BCUT2D eigenvalue weighted by Gasteiger charge is 2.37. The van der Waals surface area contributed by atoms with Crippen LogP contribution < -0.4 is 14.6 Å². The number of hydrogen-bond donors (Lipinski definition) is 0. The summed E-state index contributed by atoms with van der Waals surface area (Å²) in [6.07, 6.45) is 2.56. The van der Waals surface area contributed by atoms with Crippen molar-refractivity contribution < 1.29 is 24.2 Å². The topological polar surface area (TPSA) is 78.9 Å². The van der Waals surface area contributed by atoms with Gasteiger partial charge < -0.3 is 19.4 Å². The molecule has 1 aromatic rings. The van der Waals surface area contributed by atoms with Gasteiger partial charge >= 0.3 is 0 Å². The average molecular weight is 394 g/mol. The molecule has 0 bridgehead atoms. The largest absolute Gasteiger partial charge is 0.548 e. The zero-order valence-electron chi connectivity index (χ0n) is 14.8. The number of aliphatic carboxylic acids is 1. The smallest absolute Gasteiger partial charge is 0.266 e. The molecular weight excluding hydrogens is 374 g/mol. The summed E-state index contributed by atoms with van der Waals surface area (Å²) in [4.78, 5) is 25.6. The van der Waals surface area contributed by atoms with Gasteiger partial charge in [0.05, 0.1) is 30.6 Å². The van der Waals surface area contributed by atoms with E-state index in [-0.39, 0.29) is 4.32 Å². The van der Waals surface area contributed by atoms with E-state index in [1.54, 1.807) is 24.3 Å². The van der Waals surface area contributed by atoms with Gasteiger partial charge in [-0.1, -0.05) is 43.4 Å². The molecule has 1 aliphatic rings. The molecule has 0 aliphatic carbocycles. The number of carbonyl (C=O) groups is 2. The normalized spacial score (nSPS) is 16.9. The van der Waals surface area contributed by atoms with Crippen molar-refractivity contribution in [2.24, 2.45) is 0 Å². The van der Waals surface area contributed by atoms with Crippen molar-refractivity contribution in [3.63, 3.8) is 0 Å². The zero-order chi connectivity index (χ0) is 19.3. The number of thiocarbonyl (C=S) groups is 1. The van der Waals surface area contributed by atoms with Crippen LogP contribution in [0.15, 0.2) is 23.1 Å². The minimum atomic E-state index is -1.30. The summed E-state index contributed by atoms with van der Waals surface area (Å²) in [7, 11) is 1.54. The minimum Gasteiger partial charge on any atom is -0.548 e. The summed E-state index contributed by atoms with van der Waals surface area (Å²) in [6.45, 7) is 4.23. The fourth-order valence-corrected chi connectivity index (χ4v) is 3.93. The molecule has 1 heterocycles. The first-order valence-corrected chi connectivity index (χ1v) is 9.44. The van der Waals surface area contributed by atoms with E-state index in [1.807, 2.05) is 13.8 Å². The van der Waals surface area contributed by atoms with Gasteiger partial charge in [0, 0.05) is 0 Å². The molecular formula is C18H20NO5S2-. The number of carboxylic acids is 1. The maximum Gasteiger partial charge on any atom is 0.266 e. The maximum atomic E-state index is 12.7. The van der Waals surface area contributed by atoms with Gasteiger partial charge in [-0.2, -0.15) is 0 Å². The van der Waals surface area contributed by atoms with Crippen molar-refractivity contribution in [2.75, 3.05) is 13.7 Å². The van der Waals surface area contributed by atoms with Gasteiger partial charge in [0.25, 0.3) is 5.91 Å². The number of ether oxygens (including phenoxy) is 2. The first-order valence-electron chi connectivity index (χ1n) is 8.21. The lowest BCUT2D eigenvalue weighted by Crippen LogP contribution is -2.49. The third-order valence-corrected chi connectivity index (χ3v) is 5.09. The molecule has 1 aliphatic heterocycles. The van der Waals surface area contributed by atoms with Gasteiger partial charge in [-0.25, -0.2) is 0 Å². The summed E-state index contributed by atoms with van der Waals surface area (Å²) in [6, 6.07) is 4.26. The Morgan fingerprint density at radius 1 is 1.38 bits per heavy atom. The quantitative estimate of drug-likeness (QED) is 0.494. The Morgan fingerprint density at radius 3 is 2.69 bits per heavy atom. The fourth-order valence-electron chi connectivity index (χ4n) is 2.57. The van der Waals surface area contributed by atoms with Gasteiger partial charge in [-0.15, -0.1) is 0 Å². The van der Waals surface area contributed by atoms with Crippen LogP contribution in [0, 0.1) is 0 Å². The second kappa shape index (κ2) is 9.05. The molecule has 0 N–H and O–H groups in total. The number of methoxy groups -OCH3 is 1. The number of rotatable bonds is 8. The number of carbonyl (C=O) groups excluding carboxylic acids is 2. The predicted molar refractivity (Wildman–Crippen MR) is 103 cm³/mol. The zero-order valence-corrected chi connectivity index (χ0v) is 16.4. The van der Waals surface area contributed by atoms with Gasteiger partial charge in [0.1, 0.15) is 4.32 Å². The number of hydrogen-bond acceptors (Lipinski definition) is 7. The van der Waals surface area contributed by atoms with Crippen molar-refractivity contribution in [2.45, 2.75) is 32.7 Å². The highest BCUT2D eigenvalue weighted by Crippen LogP contribution is 2.36. The van der Waals surface area contributed by atoms with Crippen LogP contribution in [0.3, 0.4) is 0 Å². The lowest BCUT2D eigenvalue weighted by molar-refractivity contribution is -0.310. The molecule has 1 aromatic carbocycles. The van der Waals surface area contributed by atoms with Crippen LogP contribution in [0.5, 0.6) is 11.5 Å². The van der Waals surface area contributed by atoms with Crippen molar-refractivity contribution in [1.29, 1.82) is 0 Å². The molecule has 8 heteroatoms. The van der Waals surface area contributed by atoms with E-state index >= 15 is 0 Å². The van der Waals surface area contributed by atoms with Crippen LogP contribution in [0.1, 0.15) is 32.3 Å². The third-order valence-electron chi connectivity index (χ3n) is 3.75. The molecule has 1 amide bonds. The van der Waals surface area contributed by atoms with Crippen molar-refractivity contribution in [3.05, 3.63) is 28.7 Å². The molecule has 0 spiro atoms. The van der Waals surface area contributed by atoms with Crippen LogP contribution in [-0.2, 0) is 9.59 Å². The number of benzene rings is 1. The molecule has 0 unspecified atom stereocenters.